The molecule has 0 aliphatic rings. The Labute approximate surface area is 111 Å². The van der Waals surface area contributed by atoms with Crippen molar-refractivity contribution in [1.29, 1.82) is 0 Å². The molecule has 18 heavy (non-hydrogen) atoms. The van der Waals surface area contributed by atoms with E-state index < -0.39 is 0 Å². The molecule has 1 N–H and O–H groups in total. The smallest absolute Gasteiger partial charge is 0.144 e. The van der Waals surface area contributed by atoms with E-state index in [0.29, 0.717) is 0 Å². The third kappa shape index (κ3) is 4.61. The Morgan fingerprint density at radius 3 is 2.33 bits per heavy atom. The Morgan fingerprint density at radius 1 is 1.17 bits per heavy atom. The molecule has 0 amide bonds. The number of hydrogen-bond acceptors (Lipinski definition) is 4. The van der Waals surface area contributed by atoms with Gasteiger partial charge in [-0.25, -0.2) is 4.98 Å². The molecule has 0 bridgehead atoms. The summed E-state index contributed by atoms with van der Waals surface area (Å²) in [6, 6.07) is 0. The number of nitrogens with zero attached hydrogens (tertiary/aromatic N) is 3. The molecule has 0 saturated heterocycles. The average molecular weight is 250 g/mol. The van der Waals surface area contributed by atoms with Gasteiger partial charge in [0.1, 0.15) is 5.82 Å². The first kappa shape index (κ1) is 14.9. The summed E-state index contributed by atoms with van der Waals surface area (Å²) < 4.78 is 0. The summed E-state index contributed by atoms with van der Waals surface area (Å²) in [4.78, 5) is 11.2. The molecular weight excluding hydrogens is 224 g/mol. The van der Waals surface area contributed by atoms with Gasteiger partial charge in [0.15, 0.2) is 0 Å². The maximum absolute atomic E-state index is 4.43. The Balaban J connectivity index is 2.55. The monoisotopic (exact) mass is 250 g/mol. The van der Waals surface area contributed by atoms with E-state index in [1.807, 2.05) is 13.2 Å². The van der Waals surface area contributed by atoms with Crippen LogP contribution in [0.5, 0.6) is 0 Å². The molecular formula is C14H26N4. The maximum atomic E-state index is 4.43. The Bertz CT molecular complexity index is 319. The summed E-state index contributed by atoms with van der Waals surface area (Å²) in [6.07, 6.45) is 6.15. The lowest BCUT2D eigenvalue weighted by atomic mass is 10.0. The molecule has 0 aliphatic heterocycles. The molecule has 0 atom stereocenters. The molecule has 102 valence electrons. The summed E-state index contributed by atoms with van der Waals surface area (Å²) in [7, 11) is 1.86. The summed E-state index contributed by atoms with van der Waals surface area (Å²) in [5, 5.41) is 2.98. The van der Waals surface area contributed by atoms with Gasteiger partial charge in [-0.1, -0.05) is 33.6 Å². The van der Waals surface area contributed by atoms with Gasteiger partial charge < -0.3 is 5.32 Å². The molecule has 1 aromatic heterocycles. The van der Waals surface area contributed by atoms with Crippen LogP contribution in [0.25, 0.3) is 0 Å². The first-order valence-corrected chi connectivity index (χ1v) is 6.94. The van der Waals surface area contributed by atoms with Crippen LogP contribution in [-0.2, 0) is 6.54 Å². The number of hydrogen-bond donors (Lipinski definition) is 1. The topological polar surface area (TPSA) is 41.1 Å². The van der Waals surface area contributed by atoms with Crippen LogP contribution in [0.3, 0.4) is 0 Å². The van der Waals surface area contributed by atoms with Crippen molar-refractivity contribution in [2.75, 3.05) is 25.5 Å². The van der Waals surface area contributed by atoms with Gasteiger partial charge in [0.25, 0.3) is 0 Å². The minimum absolute atomic E-state index is 0.787. The zero-order valence-corrected chi connectivity index (χ0v) is 12.1. The summed E-state index contributed by atoms with van der Waals surface area (Å²) in [6.45, 7) is 9.85. The molecule has 4 heteroatoms. The lowest BCUT2D eigenvalue weighted by molar-refractivity contribution is 0.224. The van der Waals surface area contributed by atoms with E-state index in [-0.39, 0.29) is 0 Å². The van der Waals surface area contributed by atoms with Gasteiger partial charge in [-0.3, -0.25) is 9.88 Å². The minimum Gasteiger partial charge on any atom is -0.372 e. The largest absolute Gasteiger partial charge is 0.372 e. The second-order valence-corrected chi connectivity index (χ2v) is 4.65. The van der Waals surface area contributed by atoms with Crippen molar-refractivity contribution in [3.05, 3.63) is 18.1 Å². The van der Waals surface area contributed by atoms with E-state index in [1.54, 1.807) is 6.20 Å². The average Bonchev–Trinajstić information content (AvgIpc) is 2.44. The van der Waals surface area contributed by atoms with E-state index in [1.165, 1.54) is 12.8 Å². The van der Waals surface area contributed by atoms with Crippen molar-refractivity contribution in [1.82, 2.24) is 14.9 Å². The lowest BCUT2D eigenvalue weighted by Crippen LogP contribution is -2.29. The zero-order valence-electron chi connectivity index (χ0n) is 12.1. The maximum Gasteiger partial charge on any atom is 0.144 e. The highest BCUT2D eigenvalue weighted by atomic mass is 15.1. The second kappa shape index (κ2) is 8.03. The number of rotatable bonds is 8. The van der Waals surface area contributed by atoms with Gasteiger partial charge in [0.05, 0.1) is 18.1 Å². The standard InChI is InChI=1S/C14H26N4/c1-5-12(6-2)10-18(7-3)11-13-8-17-14(15-4)9-16-13/h8-9,12H,5-7,10-11H2,1-4H3,(H,15,17). The van der Waals surface area contributed by atoms with Crippen LogP contribution >= 0.6 is 0 Å². The third-order valence-electron chi connectivity index (χ3n) is 3.47. The predicted octanol–water partition coefficient (Wildman–Crippen LogP) is 2.78. The molecule has 0 saturated carbocycles. The van der Waals surface area contributed by atoms with Crippen molar-refractivity contribution in [2.24, 2.45) is 5.92 Å². The van der Waals surface area contributed by atoms with Crippen LogP contribution in [0.1, 0.15) is 39.3 Å². The van der Waals surface area contributed by atoms with Crippen LogP contribution in [0.15, 0.2) is 12.4 Å². The van der Waals surface area contributed by atoms with Gasteiger partial charge in [-0.2, -0.15) is 0 Å². The second-order valence-electron chi connectivity index (χ2n) is 4.65. The highest BCUT2D eigenvalue weighted by Gasteiger charge is 2.11. The van der Waals surface area contributed by atoms with Gasteiger partial charge in [-0.05, 0) is 12.5 Å². The van der Waals surface area contributed by atoms with Gasteiger partial charge in [-0.15, -0.1) is 0 Å². The quantitative estimate of drug-likeness (QED) is 0.770. The third-order valence-corrected chi connectivity index (χ3v) is 3.47. The van der Waals surface area contributed by atoms with E-state index in [9.17, 15) is 0 Å². The molecule has 0 aliphatic carbocycles. The molecule has 0 unspecified atom stereocenters. The van der Waals surface area contributed by atoms with E-state index >= 15 is 0 Å². The molecule has 0 aromatic carbocycles. The number of aromatic nitrogens is 2. The van der Waals surface area contributed by atoms with E-state index in [0.717, 1.165) is 37.1 Å². The summed E-state index contributed by atoms with van der Waals surface area (Å²) in [5.41, 5.74) is 1.04. The van der Waals surface area contributed by atoms with Crippen molar-refractivity contribution in [3.63, 3.8) is 0 Å². The molecule has 1 heterocycles. The number of anilines is 1. The Kier molecular flexibility index (Phi) is 6.65. The molecule has 0 fully saturated rings. The van der Waals surface area contributed by atoms with Gasteiger partial charge >= 0.3 is 0 Å². The highest BCUT2D eigenvalue weighted by molar-refractivity contribution is 5.29. The highest BCUT2D eigenvalue weighted by Crippen LogP contribution is 2.12. The zero-order chi connectivity index (χ0) is 13.4. The molecule has 0 spiro atoms. The fraction of sp³-hybridized carbons (Fsp3) is 0.714. The van der Waals surface area contributed by atoms with Crippen LogP contribution < -0.4 is 5.32 Å². The fourth-order valence-electron chi connectivity index (χ4n) is 2.01. The molecule has 0 radical (unpaired) electrons. The minimum atomic E-state index is 0.787. The van der Waals surface area contributed by atoms with Crippen LogP contribution in [0.2, 0.25) is 0 Å². The van der Waals surface area contributed by atoms with Crippen molar-refractivity contribution in [2.45, 2.75) is 40.2 Å². The van der Waals surface area contributed by atoms with Gasteiger partial charge in [0, 0.05) is 20.1 Å². The Hall–Kier alpha value is -1.16. The molecule has 4 nitrogen and oxygen atoms in total. The van der Waals surface area contributed by atoms with Crippen molar-refractivity contribution >= 4 is 5.82 Å². The molecule has 1 aromatic rings. The van der Waals surface area contributed by atoms with Crippen molar-refractivity contribution < 1.29 is 0 Å². The molecule has 1 rings (SSSR count). The fourth-order valence-corrected chi connectivity index (χ4v) is 2.01. The van der Waals surface area contributed by atoms with Crippen LogP contribution in [0.4, 0.5) is 5.82 Å². The Morgan fingerprint density at radius 2 is 1.89 bits per heavy atom. The summed E-state index contributed by atoms with van der Waals surface area (Å²) in [5.74, 6) is 1.61. The lowest BCUT2D eigenvalue weighted by Gasteiger charge is -2.24. The normalized spacial score (nSPS) is 11.2. The van der Waals surface area contributed by atoms with E-state index in [2.05, 4.69) is 41.0 Å². The SMILES string of the molecule is CCC(CC)CN(CC)Cc1cnc(NC)cn1. The summed E-state index contributed by atoms with van der Waals surface area (Å²) >= 11 is 0. The van der Waals surface area contributed by atoms with Crippen LogP contribution in [-0.4, -0.2) is 35.0 Å². The van der Waals surface area contributed by atoms with Crippen molar-refractivity contribution in [3.8, 4) is 0 Å². The van der Waals surface area contributed by atoms with Gasteiger partial charge in [0.2, 0.25) is 0 Å². The number of nitrogens with one attached hydrogen (secondary N) is 1. The van der Waals surface area contributed by atoms with E-state index in [4.69, 9.17) is 0 Å². The first-order valence-electron chi connectivity index (χ1n) is 6.94. The predicted molar refractivity (Wildman–Crippen MR) is 76.6 cm³/mol. The first-order chi connectivity index (χ1) is 8.73. The van der Waals surface area contributed by atoms with Crippen LogP contribution in [0, 0.1) is 5.92 Å².